The molecule has 34 heavy (non-hydrogen) atoms. The lowest BCUT2D eigenvalue weighted by molar-refractivity contribution is -0.129. The van der Waals surface area contributed by atoms with Gasteiger partial charge in [0.15, 0.2) is 5.16 Å². The molecule has 0 spiro atoms. The summed E-state index contributed by atoms with van der Waals surface area (Å²) >= 11 is 1.26. The number of carbonyl (C=O) groups is 2. The zero-order valence-corrected chi connectivity index (χ0v) is 20.4. The van der Waals surface area contributed by atoms with Gasteiger partial charge in [0.05, 0.1) is 29.0 Å². The van der Waals surface area contributed by atoms with E-state index in [9.17, 15) is 14.4 Å². The number of carbonyl (C=O) groups excluding carboxylic acids is 2. The highest BCUT2D eigenvalue weighted by Gasteiger charge is 2.25. The van der Waals surface area contributed by atoms with E-state index in [0.717, 1.165) is 16.8 Å². The number of rotatable bonds is 5. The van der Waals surface area contributed by atoms with E-state index in [-0.39, 0.29) is 23.3 Å². The lowest BCUT2D eigenvalue weighted by Gasteiger charge is -2.34. The first-order chi connectivity index (χ1) is 16.4. The topological polar surface area (TPSA) is 84.7 Å². The number of thioether (sulfide) groups is 1. The molecule has 2 amide bonds. The summed E-state index contributed by atoms with van der Waals surface area (Å²) in [5.41, 5.74) is 3.28. The smallest absolute Gasteiger partial charge is 0.409 e. The van der Waals surface area contributed by atoms with E-state index >= 15 is 0 Å². The summed E-state index contributed by atoms with van der Waals surface area (Å²) in [7, 11) is 0. The molecule has 1 aliphatic rings. The van der Waals surface area contributed by atoms with Crippen LogP contribution >= 0.6 is 11.8 Å². The van der Waals surface area contributed by atoms with Crippen LogP contribution < -0.4 is 5.56 Å². The Balaban J connectivity index is 1.57. The standard InChI is InChI=1S/C25H28N4O4S/c1-4-33-25(32)28-14-12-27(13-15-28)22(30)16-34-24-26-20-10-6-5-9-19(20)23(31)29(24)21-11-7-8-17(2)18(21)3/h5-11H,4,12-16H2,1-3H3. The van der Waals surface area contributed by atoms with Gasteiger partial charge in [-0.2, -0.15) is 0 Å². The van der Waals surface area contributed by atoms with Crippen molar-refractivity contribution in [3.05, 3.63) is 63.9 Å². The van der Waals surface area contributed by atoms with Gasteiger partial charge in [-0.1, -0.05) is 36.0 Å². The van der Waals surface area contributed by atoms with Crippen molar-refractivity contribution in [2.75, 3.05) is 38.5 Å². The van der Waals surface area contributed by atoms with Crippen molar-refractivity contribution >= 4 is 34.7 Å². The molecule has 1 aliphatic heterocycles. The fourth-order valence-electron chi connectivity index (χ4n) is 3.97. The van der Waals surface area contributed by atoms with Gasteiger partial charge in [-0.05, 0) is 50.1 Å². The van der Waals surface area contributed by atoms with E-state index in [2.05, 4.69) is 0 Å². The molecule has 1 fully saturated rings. The molecule has 0 atom stereocenters. The molecule has 1 saturated heterocycles. The lowest BCUT2D eigenvalue weighted by atomic mass is 10.1. The van der Waals surface area contributed by atoms with Gasteiger partial charge in [-0.3, -0.25) is 14.2 Å². The van der Waals surface area contributed by atoms with Gasteiger partial charge in [-0.15, -0.1) is 0 Å². The van der Waals surface area contributed by atoms with Crippen LogP contribution in [-0.4, -0.2) is 69.9 Å². The number of hydrogen-bond acceptors (Lipinski definition) is 6. The number of nitrogens with zero attached hydrogens (tertiary/aromatic N) is 4. The zero-order chi connectivity index (χ0) is 24.2. The molecule has 178 valence electrons. The van der Waals surface area contributed by atoms with E-state index in [1.54, 1.807) is 27.4 Å². The Labute approximate surface area is 202 Å². The third-order valence-corrected chi connectivity index (χ3v) is 6.97. The number of fused-ring (bicyclic) bond motifs is 1. The van der Waals surface area contributed by atoms with E-state index in [0.29, 0.717) is 48.8 Å². The van der Waals surface area contributed by atoms with Gasteiger partial charge in [0.2, 0.25) is 5.91 Å². The van der Waals surface area contributed by atoms with Crippen LogP contribution in [0.4, 0.5) is 4.79 Å². The summed E-state index contributed by atoms with van der Waals surface area (Å²) in [6.07, 6.45) is -0.345. The van der Waals surface area contributed by atoms with Crippen molar-refractivity contribution in [1.82, 2.24) is 19.4 Å². The van der Waals surface area contributed by atoms with Crippen LogP contribution in [-0.2, 0) is 9.53 Å². The average molecular weight is 481 g/mol. The third kappa shape index (κ3) is 4.79. The first-order valence-corrected chi connectivity index (χ1v) is 12.3. The third-order valence-electron chi connectivity index (χ3n) is 6.05. The Morgan fingerprint density at radius 2 is 1.71 bits per heavy atom. The molecule has 0 aliphatic carbocycles. The maximum absolute atomic E-state index is 13.5. The normalized spacial score (nSPS) is 13.9. The van der Waals surface area contributed by atoms with Gasteiger partial charge in [0.25, 0.3) is 5.56 Å². The van der Waals surface area contributed by atoms with Crippen LogP contribution in [0.15, 0.2) is 52.4 Å². The summed E-state index contributed by atoms with van der Waals surface area (Å²) < 4.78 is 6.65. The predicted molar refractivity (Wildman–Crippen MR) is 133 cm³/mol. The van der Waals surface area contributed by atoms with Gasteiger partial charge < -0.3 is 14.5 Å². The van der Waals surface area contributed by atoms with Crippen LogP contribution in [0.3, 0.4) is 0 Å². The second kappa shape index (κ2) is 10.3. The Morgan fingerprint density at radius 1 is 1.00 bits per heavy atom. The average Bonchev–Trinajstić information content (AvgIpc) is 2.85. The molecule has 4 rings (SSSR count). The van der Waals surface area contributed by atoms with Crippen molar-refractivity contribution in [2.45, 2.75) is 25.9 Å². The number of para-hydroxylation sites is 1. The molecule has 2 aromatic carbocycles. The quantitative estimate of drug-likeness (QED) is 0.411. The summed E-state index contributed by atoms with van der Waals surface area (Å²) in [6.45, 7) is 7.87. The van der Waals surface area contributed by atoms with E-state index < -0.39 is 0 Å². The highest BCUT2D eigenvalue weighted by molar-refractivity contribution is 7.99. The number of benzene rings is 2. The van der Waals surface area contributed by atoms with Crippen molar-refractivity contribution in [2.24, 2.45) is 0 Å². The molecule has 8 nitrogen and oxygen atoms in total. The van der Waals surface area contributed by atoms with Crippen molar-refractivity contribution in [3.63, 3.8) is 0 Å². The number of ether oxygens (including phenoxy) is 1. The Hall–Kier alpha value is -3.33. The fourth-order valence-corrected chi connectivity index (χ4v) is 4.88. The Kier molecular flexibility index (Phi) is 7.21. The van der Waals surface area contributed by atoms with Gasteiger partial charge in [0, 0.05) is 26.2 Å². The SMILES string of the molecule is CCOC(=O)N1CCN(C(=O)CSc2nc3ccccc3c(=O)n2-c2cccc(C)c2C)CC1. The molecule has 9 heteroatoms. The van der Waals surface area contributed by atoms with Crippen molar-refractivity contribution in [3.8, 4) is 5.69 Å². The minimum absolute atomic E-state index is 0.0524. The Morgan fingerprint density at radius 3 is 2.44 bits per heavy atom. The minimum Gasteiger partial charge on any atom is -0.450 e. The lowest BCUT2D eigenvalue weighted by Crippen LogP contribution is -2.51. The monoisotopic (exact) mass is 480 g/mol. The zero-order valence-electron chi connectivity index (χ0n) is 19.6. The summed E-state index contributed by atoms with van der Waals surface area (Å²) in [6, 6.07) is 13.1. The van der Waals surface area contributed by atoms with Crippen molar-refractivity contribution < 1.29 is 14.3 Å². The van der Waals surface area contributed by atoms with E-state index in [4.69, 9.17) is 9.72 Å². The number of aryl methyl sites for hydroxylation is 1. The molecule has 0 N–H and O–H groups in total. The van der Waals surface area contributed by atoms with Crippen molar-refractivity contribution in [1.29, 1.82) is 0 Å². The van der Waals surface area contributed by atoms with Crippen LogP contribution in [0, 0.1) is 13.8 Å². The van der Waals surface area contributed by atoms with Crippen LogP contribution in [0.25, 0.3) is 16.6 Å². The van der Waals surface area contributed by atoms with Crippen LogP contribution in [0.1, 0.15) is 18.1 Å². The molecule has 0 radical (unpaired) electrons. The molecule has 1 aromatic heterocycles. The summed E-state index contributed by atoms with van der Waals surface area (Å²) in [5, 5.41) is 1.02. The second-order valence-electron chi connectivity index (χ2n) is 8.13. The minimum atomic E-state index is -0.345. The molecule has 0 saturated carbocycles. The predicted octanol–water partition coefficient (Wildman–Crippen LogP) is 3.40. The molecule has 2 heterocycles. The largest absolute Gasteiger partial charge is 0.450 e. The van der Waals surface area contributed by atoms with Gasteiger partial charge in [0.1, 0.15) is 0 Å². The van der Waals surface area contributed by atoms with Gasteiger partial charge in [-0.25, -0.2) is 9.78 Å². The molecule has 3 aromatic rings. The number of hydrogen-bond donors (Lipinski definition) is 0. The molecular weight excluding hydrogens is 452 g/mol. The maximum Gasteiger partial charge on any atom is 0.409 e. The number of piperazine rings is 1. The van der Waals surface area contributed by atoms with Crippen LogP contribution in [0.2, 0.25) is 0 Å². The molecule has 0 unspecified atom stereocenters. The first-order valence-electron chi connectivity index (χ1n) is 11.3. The number of aromatic nitrogens is 2. The Bertz CT molecular complexity index is 1280. The first kappa shape index (κ1) is 23.8. The molecule has 0 bridgehead atoms. The number of amides is 2. The van der Waals surface area contributed by atoms with Gasteiger partial charge >= 0.3 is 6.09 Å². The highest BCUT2D eigenvalue weighted by Crippen LogP contribution is 2.25. The fraction of sp³-hybridized carbons (Fsp3) is 0.360. The highest BCUT2D eigenvalue weighted by atomic mass is 32.2. The maximum atomic E-state index is 13.5. The summed E-state index contributed by atoms with van der Waals surface area (Å²) in [5.74, 6) is 0.0955. The van der Waals surface area contributed by atoms with E-state index in [1.807, 2.05) is 50.2 Å². The van der Waals surface area contributed by atoms with Crippen LogP contribution in [0.5, 0.6) is 0 Å². The van der Waals surface area contributed by atoms with E-state index in [1.165, 1.54) is 11.8 Å². The summed E-state index contributed by atoms with van der Waals surface area (Å²) in [4.78, 5) is 46.4. The molecular formula is C25H28N4O4S. The second-order valence-corrected chi connectivity index (χ2v) is 9.07.